The van der Waals surface area contributed by atoms with Crippen molar-refractivity contribution < 1.29 is 13.2 Å². The first-order valence-corrected chi connectivity index (χ1v) is 8.42. The Kier molecular flexibility index (Phi) is 6.80. The first-order chi connectivity index (χ1) is 9.90. The van der Waals surface area contributed by atoms with E-state index in [1.54, 1.807) is 12.1 Å². The van der Waals surface area contributed by atoms with Crippen molar-refractivity contribution in [2.24, 2.45) is 0 Å². The molecule has 0 aliphatic heterocycles. The van der Waals surface area contributed by atoms with Gasteiger partial charge >= 0.3 is 0 Å². The lowest BCUT2D eigenvalue weighted by Gasteiger charge is -2.12. The maximum Gasteiger partial charge on any atom is 0.241 e. The van der Waals surface area contributed by atoms with Crippen LogP contribution in [0.15, 0.2) is 29.2 Å². The van der Waals surface area contributed by atoms with Crippen LogP contribution in [0.4, 0.5) is 0 Å². The van der Waals surface area contributed by atoms with Gasteiger partial charge in [0.2, 0.25) is 15.9 Å². The predicted molar refractivity (Wildman–Crippen MR) is 82.4 cm³/mol. The third-order valence-electron chi connectivity index (χ3n) is 3.10. The molecule has 0 aliphatic rings. The Labute approximate surface area is 126 Å². The summed E-state index contributed by atoms with van der Waals surface area (Å²) in [5.41, 5.74) is 0.871. The molecule has 7 heteroatoms. The molecule has 0 radical (unpaired) electrons. The van der Waals surface area contributed by atoms with E-state index >= 15 is 0 Å². The second-order valence-corrected chi connectivity index (χ2v) is 6.52. The van der Waals surface area contributed by atoms with E-state index in [0.717, 1.165) is 12.0 Å². The average molecular weight is 313 g/mol. The van der Waals surface area contributed by atoms with Gasteiger partial charge in [0.05, 0.1) is 11.4 Å². The highest BCUT2D eigenvalue weighted by atomic mass is 32.2. The molecule has 1 rings (SSSR count). The van der Waals surface area contributed by atoms with E-state index in [0.29, 0.717) is 6.54 Å². The zero-order valence-corrected chi connectivity index (χ0v) is 13.5. The topological polar surface area (TPSA) is 87.3 Å². The molecule has 1 atom stereocenters. The summed E-state index contributed by atoms with van der Waals surface area (Å²) < 4.78 is 26.6. The fourth-order valence-electron chi connectivity index (χ4n) is 1.69. The molecule has 1 unspecified atom stereocenters. The summed E-state index contributed by atoms with van der Waals surface area (Å²) in [6.45, 7) is 4.15. The minimum absolute atomic E-state index is 0.0491. The van der Waals surface area contributed by atoms with Crippen LogP contribution >= 0.6 is 0 Å². The number of sulfonamides is 1. The third-order valence-corrected chi connectivity index (χ3v) is 4.50. The third kappa shape index (κ3) is 5.45. The Morgan fingerprint density at radius 3 is 2.67 bits per heavy atom. The molecule has 0 spiro atoms. The Balaban J connectivity index is 2.76. The van der Waals surface area contributed by atoms with Crippen molar-refractivity contribution in [3.05, 3.63) is 29.8 Å². The molecule has 118 valence electrons. The highest BCUT2D eigenvalue weighted by Gasteiger charge is 2.16. The summed E-state index contributed by atoms with van der Waals surface area (Å²) in [5, 5.41) is 5.67. The van der Waals surface area contributed by atoms with Crippen molar-refractivity contribution in [2.45, 2.75) is 31.2 Å². The van der Waals surface area contributed by atoms with Crippen LogP contribution in [0, 0.1) is 0 Å². The number of rotatable bonds is 8. The summed E-state index contributed by atoms with van der Waals surface area (Å²) in [5.74, 6) is -0.333. The van der Waals surface area contributed by atoms with Gasteiger partial charge in [-0.3, -0.25) is 4.79 Å². The second-order valence-electron chi connectivity index (χ2n) is 4.76. The number of hydrogen-bond donors (Lipinski definition) is 3. The van der Waals surface area contributed by atoms with E-state index in [2.05, 4.69) is 15.4 Å². The van der Waals surface area contributed by atoms with Gasteiger partial charge in [-0.05, 0) is 38.1 Å². The van der Waals surface area contributed by atoms with Gasteiger partial charge in [0.15, 0.2) is 0 Å². The smallest absolute Gasteiger partial charge is 0.241 e. The van der Waals surface area contributed by atoms with Gasteiger partial charge in [-0.15, -0.1) is 0 Å². The highest BCUT2D eigenvalue weighted by molar-refractivity contribution is 7.89. The molecular weight excluding hydrogens is 290 g/mol. The minimum Gasteiger partial charge on any atom is -0.355 e. The molecule has 0 saturated heterocycles. The number of benzene rings is 1. The van der Waals surface area contributed by atoms with E-state index in [-0.39, 0.29) is 23.4 Å². The number of carbonyl (C=O) groups is 1. The van der Waals surface area contributed by atoms with Crippen molar-refractivity contribution in [1.82, 2.24) is 15.4 Å². The van der Waals surface area contributed by atoms with E-state index in [4.69, 9.17) is 0 Å². The van der Waals surface area contributed by atoms with Gasteiger partial charge in [0.1, 0.15) is 0 Å². The molecule has 0 aliphatic carbocycles. The van der Waals surface area contributed by atoms with Crippen molar-refractivity contribution in [1.29, 1.82) is 0 Å². The maximum absolute atomic E-state index is 12.2. The molecule has 0 heterocycles. The number of nitrogens with one attached hydrogen (secondary N) is 3. The van der Waals surface area contributed by atoms with Crippen molar-refractivity contribution in [3.8, 4) is 0 Å². The summed E-state index contributed by atoms with van der Waals surface area (Å²) in [6, 6.07) is 6.71. The van der Waals surface area contributed by atoms with Gasteiger partial charge in [-0.1, -0.05) is 19.1 Å². The number of carbonyl (C=O) groups excluding carboxylic acids is 1. The number of amides is 1. The monoisotopic (exact) mass is 313 g/mol. The van der Waals surface area contributed by atoms with Crippen LogP contribution in [-0.2, 0) is 14.8 Å². The van der Waals surface area contributed by atoms with Crippen LogP contribution in [0.25, 0.3) is 0 Å². The van der Waals surface area contributed by atoms with Crippen LogP contribution in [0.1, 0.15) is 31.9 Å². The van der Waals surface area contributed by atoms with Crippen LogP contribution in [0.2, 0.25) is 0 Å². The van der Waals surface area contributed by atoms with E-state index in [9.17, 15) is 13.2 Å². The van der Waals surface area contributed by atoms with Gasteiger partial charge in [0.25, 0.3) is 0 Å². The minimum atomic E-state index is -3.68. The maximum atomic E-state index is 12.2. The summed E-state index contributed by atoms with van der Waals surface area (Å²) in [4.78, 5) is 11.6. The van der Waals surface area contributed by atoms with Gasteiger partial charge in [0, 0.05) is 12.6 Å². The van der Waals surface area contributed by atoms with Gasteiger partial charge in [-0.25, -0.2) is 13.1 Å². The normalized spacial score (nSPS) is 12.9. The Hall–Kier alpha value is -1.44. The summed E-state index contributed by atoms with van der Waals surface area (Å²) in [7, 11) is -1.88. The van der Waals surface area contributed by atoms with E-state index in [1.807, 2.05) is 27.0 Å². The molecule has 0 bridgehead atoms. The molecule has 0 saturated carbocycles. The molecular formula is C14H23N3O3S. The average Bonchev–Trinajstić information content (AvgIpc) is 2.50. The summed E-state index contributed by atoms with van der Waals surface area (Å²) in [6.07, 6.45) is 0.808. The fourth-order valence-corrected chi connectivity index (χ4v) is 2.73. The Morgan fingerprint density at radius 1 is 1.33 bits per heavy atom. The zero-order valence-electron chi connectivity index (χ0n) is 12.6. The SMILES string of the molecule is CCCNC(=O)CNS(=O)(=O)c1cccc(C(C)NC)c1. The van der Waals surface area contributed by atoms with Crippen LogP contribution in [0.3, 0.4) is 0 Å². The van der Waals surface area contributed by atoms with Crippen LogP contribution in [-0.4, -0.2) is 34.5 Å². The molecule has 6 nitrogen and oxygen atoms in total. The van der Waals surface area contributed by atoms with E-state index in [1.165, 1.54) is 6.07 Å². The molecule has 0 aromatic heterocycles. The lowest BCUT2D eigenvalue weighted by molar-refractivity contribution is -0.119. The lowest BCUT2D eigenvalue weighted by atomic mass is 10.1. The molecule has 3 N–H and O–H groups in total. The first kappa shape index (κ1) is 17.6. The largest absolute Gasteiger partial charge is 0.355 e. The van der Waals surface area contributed by atoms with Crippen molar-refractivity contribution >= 4 is 15.9 Å². The molecule has 1 amide bonds. The molecule has 21 heavy (non-hydrogen) atoms. The molecule has 0 fully saturated rings. The van der Waals surface area contributed by atoms with Crippen LogP contribution in [0.5, 0.6) is 0 Å². The predicted octanol–water partition coefficient (Wildman–Crippen LogP) is 0.772. The first-order valence-electron chi connectivity index (χ1n) is 6.94. The van der Waals surface area contributed by atoms with E-state index < -0.39 is 10.0 Å². The molecule has 1 aromatic rings. The van der Waals surface area contributed by atoms with Gasteiger partial charge in [-0.2, -0.15) is 0 Å². The fraction of sp³-hybridized carbons (Fsp3) is 0.500. The second kappa shape index (κ2) is 8.11. The Morgan fingerprint density at radius 2 is 2.05 bits per heavy atom. The zero-order chi connectivity index (χ0) is 15.9. The Bertz CT molecular complexity index is 573. The quantitative estimate of drug-likeness (QED) is 0.661. The number of hydrogen-bond acceptors (Lipinski definition) is 4. The summed E-state index contributed by atoms with van der Waals surface area (Å²) >= 11 is 0. The van der Waals surface area contributed by atoms with Crippen molar-refractivity contribution in [2.75, 3.05) is 20.1 Å². The highest BCUT2D eigenvalue weighted by Crippen LogP contribution is 2.16. The van der Waals surface area contributed by atoms with Gasteiger partial charge < -0.3 is 10.6 Å². The molecule has 1 aromatic carbocycles. The van der Waals surface area contributed by atoms with Crippen LogP contribution < -0.4 is 15.4 Å². The standard InChI is InChI=1S/C14H23N3O3S/c1-4-8-16-14(18)10-17-21(19,20)13-7-5-6-12(9-13)11(2)15-3/h5-7,9,11,15,17H,4,8,10H2,1-3H3,(H,16,18). The van der Waals surface area contributed by atoms with Crippen molar-refractivity contribution in [3.63, 3.8) is 0 Å². The lowest BCUT2D eigenvalue weighted by Crippen LogP contribution is -2.37.